The van der Waals surface area contributed by atoms with E-state index in [4.69, 9.17) is 9.15 Å². The van der Waals surface area contributed by atoms with E-state index in [0.717, 1.165) is 10.6 Å². The molecule has 100 valence electrons. The highest BCUT2D eigenvalue weighted by Gasteiger charge is 2.14. The lowest BCUT2D eigenvalue weighted by atomic mass is 10.2. The fourth-order valence-corrected chi connectivity index (χ4v) is 2.39. The van der Waals surface area contributed by atoms with Crippen molar-refractivity contribution in [3.8, 4) is 0 Å². The summed E-state index contributed by atoms with van der Waals surface area (Å²) >= 11 is 1.66. The molecule has 0 atom stereocenters. The molecule has 0 radical (unpaired) electrons. The topological polar surface area (TPSA) is 56.5 Å². The van der Waals surface area contributed by atoms with Gasteiger partial charge in [0.1, 0.15) is 11.1 Å². The summed E-state index contributed by atoms with van der Waals surface area (Å²) in [5.41, 5.74) is -0.244. The van der Waals surface area contributed by atoms with Crippen LogP contribution in [0.3, 0.4) is 0 Å². The molecule has 1 aromatic heterocycles. The van der Waals surface area contributed by atoms with Crippen molar-refractivity contribution < 1.29 is 13.9 Å². The first-order valence-corrected chi connectivity index (χ1v) is 7.02. The standard InChI is InChI=1S/C14H14O4S/c1-3-17-13(15)11-7-9-5-6-10(19-4-2)8-12(9)18-14(11)16/h5-8H,3-4H2,1-2H3. The average Bonchev–Trinajstić information content (AvgIpc) is 2.38. The van der Waals surface area contributed by atoms with Gasteiger partial charge >= 0.3 is 11.6 Å². The summed E-state index contributed by atoms with van der Waals surface area (Å²) in [6, 6.07) is 7.09. The molecule has 19 heavy (non-hydrogen) atoms. The summed E-state index contributed by atoms with van der Waals surface area (Å²) in [4.78, 5) is 24.4. The number of carbonyl (C=O) groups is 1. The summed E-state index contributed by atoms with van der Waals surface area (Å²) in [5.74, 6) is 0.293. The minimum atomic E-state index is -0.662. The van der Waals surface area contributed by atoms with Crippen molar-refractivity contribution >= 4 is 28.7 Å². The second-order valence-corrected chi connectivity index (χ2v) is 5.14. The molecule has 0 unspecified atom stereocenters. The van der Waals surface area contributed by atoms with Crippen LogP contribution in [0.25, 0.3) is 11.0 Å². The predicted octanol–water partition coefficient (Wildman–Crippen LogP) is 3.08. The molecule has 2 aromatic rings. The molecule has 0 amide bonds. The number of carbonyl (C=O) groups excluding carboxylic acids is 1. The average molecular weight is 278 g/mol. The van der Waals surface area contributed by atoms with E-state index in [2.05, 4.69) is 6.92 Å². The highest BCUT2D eigenvalue weighted by atomic mass is 32.2. The number of ether oxygens (including phenoxy) is 1. The lowest BCUT2D eigenvalue weighted by Gasteiger charge is -2.03. The maximum absolute atomic E-state index is 11.7. The molecule has 0 spiro atoms. The minimum Gasteiger partial charge on any atom is -0.462 e. The van der Waals surface area contributed by atoms with E-state index in [-0.39, 0.29) is 12.2 Å². The van der Waals surface area contributed by atoms with Gasteiger partial charge in [-0.15, -0.1) is 11.8 Å². The summed E-state index contributed by atoms with van der Waals surface area (Å²) < 4.78 is 9.99. The van der Waals surface area contributed by atoms with E-state index >= 15 is 0 Å². The zero-order valence-corrected chi connectivity index (χ0v) is 11.6. The van der Waals surface area contributed by atoms with Crippen molar-refractivity contribution in [2.24, 2.45) is 0 Å². The highest BCUT2D eigenvalue weighted by molar-refractivity contribution is 7.99. The third kappa shape index (κ3) is 2.98. The first-order valence-electron chi connectivity index (χ1n) is 6.03. The van der Waals surface area contributed by atoms with Gasteiger partial charge in [0.05, 0.1) is 6.61 Å². The molecule has 0 aliphatic heterocycles. The van der Waals surface area contributed by atoms with Crippen molar-refractivity contribution in [2.75, 3.05) is 12.4 Å². The zero-order chi connectivity index (χ0) is 13.8. The Hall–Kier alpha value is -1.75. The van der Waals surface area contributed by atoms with Gasteiger partial charge in [-0.3, -0.25) is 0 Å². The number of esters is 1. The van der Waals surface area contributed by atoms with E-state index in [1.807, 2.05) is 12.1 Å². The van der Waals surface area contributed by atoms with Crippen molar-refractivity contribution in [1.82, 2.24) is 0 Å². The van der Waals surface area contributed by atoms with Crippen LogP contribution in [0.4, 0.5) is 0 Å². The molecule has 1 heterocycles. The third-order valence-corrected chi connectivity index (χ3v) is 3.39. The van der Waals surface area contributed by atoms with Crippen LogP contribution in [0, 0.1) is 0 Å². The van der Waals surface area contributed by atoms with E-state index in [1.54, 1.807) is 24.8 Å². The number of hydrogen-bond donors (Lipinski definition) is 0. The van der Waals surface area contributed by atoms with E-state index in [9.17, 15) is 9.59 Å². The maximum atomic E-state index is 11.7. The van der Waals surface area contributed by atoms with E-state index in [1.165, 1.54) is 6.07 Å². The number of rotatable bonds is 4. The number of hydrogen-bond acceptors (Lipinski definition) is 5. The Morgan fingerprint density at radius 2 is 2.11 bits per heavy atom. The maximum Gasteiger partial charge on any atom is 0.351 e. The Bertz CT molecular complexity index is 660. The van der Waals surface area contributed by atoms with Gasteiger partial charge in [-0.1, -0.05) is 13.0 Å². The van der Waals surface area contributed by atoms with Crippen LogP contribution in [0.5, 0.6) is 0 Å². The number of fused-ring (bicyclic) bond motifs is 1. The monoisotopic (exact) mass is 278 g/mol. The first-order chi connectivity index (χ1) is 9.15. The molecular formula is C14H14O4S. The summed E-state index contributed by atoms with van der Waals surface area (Å²) in [7, 11) is 0. The second kappa shape index (κ2) is 5.93. The molecule has 1 aromatic carbocycles. The minimum absolute atomic E-state index is 0.0646. The Kier molecular flexibility index (Phi) is 4.27. The largest absolute Gasteiger partial charge is 0.462 e. The number of thioether (sulfide) groups is 1. The van der Waals surface area contributed by atoms with Crippen LogP contribution in [0.15, 0.2) is 38.4 Å². The van der Waals surface area contributed by atoms with Gasteiger partial charge in [-0.05, 0) is 30.9 Å². The highest BCUT2D eigenvalue weighted by Crippen LogP contribution is 2.23. The normalized spacial score (nSPS) is 10.6. The van der Waals surface area contributed by atoms with E-state index < -0.39 is 11.6 Å². The first kappa shape index (κ1) is 13.7. The molecule has 4 nitrogen and oxygen atoms in total. The Labute approximate surface area is 114 Å². The lowest BCUT2D eigenvalue weighted by molar-refractivity contribution is 0.0522. The molecule has 0 N–H and O–H groups in total. The zero-order valence-electron chi connectivity index (χ0n) is 10.8. The molecular weight excluding hydrogens is 264 g/mol. The summed E-state index contributed by atoms with van der Waals surface area (Å²) in [6.45, 7) is 3.96. The quantitative estimate of drug-likeness (QED) is 0.488. The smallest absolute Gasteiger partial charge is 0.351 e. The van der Waals surface area contributed by atoms with Gasteiger partial charge in [-0.2, -0.15) is 0 Å². The molecule has 0 aliphatic rings. The predicted molar refractivity (Wildman–Crippen MR) is 74.8 cm³/mol. The van der Waals surface area contributed by atoms with Gasteiger partial charge in [0.2, 0.25) is 0 Å². The third-order valence-electron chi connectivity index (χ3n) is 2.51. The van der Waals surface area contributed by atoms with Gasteiger partial charge < -0.3 is 9.15 Å². The molecule has 0 bridgehead atoms. The molecule has 0 aliphatic carbocycles. The fourth-order valence-electron chi connectivity index (χ4n) is 1.70. The van der Waals surface area contributed by atoms with Gasteiger partial charge in [-0.25, -0.2) is 9.59 Å². The van der Waals surface area contributed by atoms with Crippen molar-refractivity contribution in [2.45, 2.75) is 18.7 Å². The van der Waals surface area contributed by atoms with Crippen LogP contribution in [-0.2, 0) is 4.74 Å². The summed E-state index contributed by atoms with van der Waals surface area (Å²) in [6.07, 6.45) is 0. The van der Waals surface area contributed by atoms with Crippen LogP contribution in [0.2, 0.25) is 0 Å². The Balaban J connectivity index is 2.49. The van der Waals surface area contributed by atoms with Gasteiger partial charge in [0, 0.05) is 10.3 Å². The lowest BCUT2D eigenvalue weighted by Crippen LogP contribution is -2.16. The van der Waals surface area contributed by atoms with Crippen LogP contribution >= 0.6 is 11.8 Å². The molecule has 0 saturated heterocycles. The van der Waals surface area contributed by atoms with Gasteiger partial charge in [0.25, 0.3) is 0 Å². The SMILES string of the molecule is CCOC(=O)c1cc2ccc(SCC)cc2oc1=O. The van der Waals surface area contributed by atoms with E-state index in [0.29, 0.717) is 11.0 Å². The Morgan fingerprint density at radius 3 is 2.79 bits per heavy atom. The van der Waals surface area contributed by atoms with Crippen LogP contribution in [-0.4, -0.2) is 18.3 Å². The van der Waals surface area contributed by atoms with Gasteiger partial charge in [0.15, 0.2) is 0 Å². The fraction of sp³-hybridized carbons (Fsp3) is 0.286. The van der Waals surface area contributed by atoms with Crippen molar-refractivity contribution in [1.29, 1.82) is 0 Å². The van der Waals surface area contributed by atoms with Crippen molar-refractivity contribution in [3.63, 3.8) is 0 Å². The molecule has 2 rings (SSSR count). The van der Waals surface area contributed by atoms with Crippen LogP contribution in [0.1, 0.15) is 24.2 Å². The Morgan fingerprint density at radius 1 is 1.32 bits per heavy atom. The molecule has 0 saturated carbocycles. The van der Waals surface area contributed by atoms with Crippen molar-refractivity contribution in [3.05, 3.63) is 40.2 Å². The summed E-state index contributed by atoms with van der Waals surface area (Å²) in [5, 5.41) is 0.711. The molecule has 5 heteroatoms. The number of benzene rings is 1. The second-order valence-electron chi connectivity index (χ2n) is 3.80. The van der Waals surface area contributed by atoms with Crippen LogP contribution < -0.4 is 5.63 Å². The molecule has 0 fully saturated rings.